The van der Waals surface area contributed by atoms with Crippen LogP contribution in [-0.2, 0) is 9.47 Å². The van der Waals surface area contributed by atoms with Gasteiger partial charge in [0, 0.05) is 17.8 Å². The van der Waals surface area contributed by atoms with E-state index in [1.165, 1.54) is 0 Å². The van der Waals surface area contributed by atoms with Crippen LogP contribution < -0.4 is 5.32 Å². The minimum atomic E-state index is -0.173. The Hall–Kier alpha value is -1.06. The van der Waals surface area contributed by atoms with Gasteiger partial charge in [0.05, 0.1) is 13.2 Å². The third-order valence-corrected chi connectivity index (χ3v) is 2.16. The number of rotatable bonds is 3. The van der Waals surface area contributed by atoms with E-state index in [1.54, 1.807) is 0 Å². The maximum absolute atomic E-state index is 5.42. The highest BCUT2D eigenvalue weighted by molar-refractivity contribution is 5.45. The van der Waals surface area contributed by atoms with Gasteiger partial charge in [-0.25, -0.2) is 0 Å². The summed E-state index contributed by atoms with van der Waals surface area (Å²) >= 11 is 0. The van der Waals surface area contributed by atoms with Crippen molar-refractivity contribution >= 4 is 5.69 Å². The Kier molecular flexibility index (Phi) is 3.01. The van der Waals surface area contributed by atoms with Crippen LogP contribution >= 0.6 is 0 Å². The van der Waals surface area contributed by atoms with Crippen molar-refractivity contribution in [3.8, 4) is 0 Å². The van der Waals surface area contributed by atoms with Gasteiger partial charge >= 0.3 is 0 Å². The monoisotopic (exact) mass is 193 g/mol. The third kappa shape index (κ3) is 2.05. The molecule has 0 bridgehead atoms. The number of hydrogen-bond donors (Lipinski definition) is 1. The first-order chi connectivity index (χ1) is 6.90. The van der Waals surface area contributed by atoms with Gasteiger partial charge in [0.15, 0.2) is 6.29 Å². The van der Waals surface area contributed by atoms with Gasteiger partial charge in [-0.3, -0.25) is 0 Å². The summed E-state index contributed by atoms with van der Waals surface area (Å²) in [6, 6.07) is 8.15. The Morgan fingerprint density at radius 1 is 1.36 bits per heavy atom. The van der Waals surface area contributed by atoms with Gasteiger partial charge in [0.2, 0.25) is 0 Å². The zero-order valence-electron chi connectivity index (χ0n) is 8.32. The molecule has 0 unspecified atom stereocenters. The molecule has 14 heavy (non-hydrogen) atoms. The summed E-state index contributed by atoms with van der Waals surface area (Å²) in [5, 5.41) is 3.26. The maximum Gasteiger partial charge on any atom is 0.184 e. The van der Waals surface area contributed by atoms with Gasteiger partial charge < -0.3 is 14.8 Å². The number of nitrogens with one attached hydrogen (secondary N) is 1. The highest BCUT2D eigenvalue weighted by Crippen LogP contribution is 2.25. The van der Waals surface area contributed by atoms with Gasteiger partial charge in [0.25, 0.3) is 0 Å². The number of hydrogen-bond acceptors (Lipinski definition) is 3. The quantitative estimate of drug-likeness (QED) is 0.798. The van der Waals surface area contributed by atoms with Gasteiger partial charge in [-0.05, 0) is 19.1 Å². The molecule has 0 aromatic heterocycles. The maximum atomic E-state index is 5.42. The Bertz CT molecular complexity index is 295. The van der Waals surface area contributed by atoms with Crippen molar-refractivity contribution < 1.29 is 9.47 Å². The molecular weight excluding hydrogens is 178 g/mol. The smallest absolute Gasteiger partial charge is 0.184 e. The van der Waals surface area contributed by atoms with E-state index in [-0.39, 0.29) is 6.29 Å². The Balaban J connectivity index is 2.12. The largest absolute Gasteiger partial charge is 0.385 e. The highest BCUT2D eigenvalue weighted by atomic mass is 16.7. The summed E-state index contributed by atoms with van der Waals surface area (Å²) in [5.41, 5.74) is 2.20. The Morgan fingerprint density at radius 2 is 2.14 bits per heavy atom. The zero-order valence-corrected chi connectivity index (χ0v) is 8.32. The third-order valence-electron chi connectivity index (χ3n) is 2.16. The minimum absolute atomic E-state index is 0.173. The standard InChI is InChI=1S/C11H15NO2/c1-2-12-10-5-3-4-9(8-10)11-13-6-7-14-11/h3-5,8,11-12H,2,6-7H2,1H3. The van der Waals surface area contributed by atoms with E-state index in [0.717, 1.165) is 17.8 Å². The first-order valence-electron chi connectivity index (χ1n) is 4.97. The molecule has 0 aliphatic carbocycles. The zero-order chi connectivity index (χ0) is 9.80. The molecule has 0 saturated carbocycles. The molecule has 3 nitrogen and oxygen atoms in total. The molecule has 1 aromatic rings. The van der Waals surface area contributed by atoms with Gasteiger partial charge in [-0.1, -0.05) is 12.1 Å². The fourth-order valence-corrected chi connectivity index (χ4v) is 1.55. The molecule has 0 radical (unpaired) electrons. The molecule has 1 aliphatic rings. The lowest BCUT2D eigenvalue weighted by atomic mass is 10.2. The molecule has 0 amide bonds. The van der Waals surface area contributed by atoms with Crippen LogP contribution in [0.5, 0.6) is 0 Å². The van der Waals surface area contributed by atoms with E-state index in [1.807, 2.05) is 18.2 Å². The van der Waals surface area contributed by atoms with Gasteiger partial charge in [0.1, 0.15) is 0 Å². The summed E-state index contributed by atoms with van der Waals surface area (Å²) in [6.07, 6.45) is -0.173. The van der Waals surface area contributed by atoms with Crippen molar-refractivity contribution in [3.05, 3.63) is 29.8 Å². The van der Waals surface area contributed by atoms with Gasteiger partial charge in [-0.2, -0.15) is 0 Å². The molecule has 0 spiro atoms. The fourth-order valence-electron chi connectivity index (χ4n) is 1.55. The van der Waals surface area contributed by atoms with Crippen LogP contribution in [0, 0.1) is 0 Å². The van der Waals surface area contributed by atoms with Crippen molar-refractivity contribution in [2.75, 3.05) is 25.1 Å². The van der Waals surface area contributed by atoms with Crippen LogP contribution in [0.1, 0.15) is 18.8 Å². The lowest BCUT2D eigenvalue weighted by Gasteiger charge is -2.11. The van der Waals surface area contributed by atoms with E-state index < -0.39 is 0 Å². The lowest BCUT2D eigenvalue weighted by Crippen LogP contribution is -2.01. The van der Waals surface area contributed by atoms with Crippen LogP contribution in [0.2, 0.25) is 0 Å². The van der Waals surface area contributed by atoms with Crippen LogP contribution in [-0.4, -0.2) is 19.8 Å². The molecule has 1 fully saturated rings. The molecule has 1 N–H and O–H groups in total. The van der Waals surface area contributed by atoms with Crippen molar-refractivity contribution in [1.29, 1.82) is 0 Å². The van der Waals surface area contributed by atoms with Crippen molar-refractivity contribution in [2.24, 2.45) is 0 Å². The second kappa shape index (κ2) is 4.44. The average molecular weight is 193 g/mol. The number of benzene rings is 1. The summed E-state index contributed by atoms with van der Waals surface area (Å²) in [4.78, 5) is 0. The SMILES string of the molecule is CCNc1cccc(C2OCCO2)c1. The average Bonchev–Trinajstić information content (AvgIpc) is 2.71. The van der Waals surface area contributed by atoms with Crippen molar-refractivity contribution in [1.82, 2.24) is 0 Å². The fraction of sp³-hybridized carbons (Fsp3) is 0.455. The predicted molar refractivity (Wildman–Crippen MR) is 55.3 cm³/mol. The summed E-state index contributed by atoms with van der Waals surface area (Å²) < 4.78 is 10.8. The lowest BCUT2D eigenvalue weighted by molar-refractivity contribution is -0.0440. The van der Waals surface area contributed by atoms with E-state index in [4.69, 9.17) is 9.47 Å². The van der Waals surface area contributed by atoms with E-state index in [0.29, 0.717) is 13.2 Å². The summed E-state index contributed by atoms with van der Waals surface area (Å²) in [7, 11) is 0. The van der Waals surface area contributed by atoms with Crippen LogP contribution in [0.4, 0.5) is 5.69 Å². The number of anilines is 1. The molecular formula is C11H15NO2. The highest BCUT2D eigenvalue weighted by Gasteiger charge is 2.17. The summed E-state index contributed by atoms with van der Waals surface area (Å²) in [5.74, 6) is 0. The molecule has 2 rings (SSSR count). The topological polar surface area (TPSA) is 30.5 Å². The van der Waals surface area contributed by atoms with E-state index in [9.17, 15) is 0 Å². The first-order valence-corrected chi connectivity index (χ1v) is 4.97. The van der Waals surface area contributed by atoms with Gasteiger partial charge in [-0.15, -0.1) is 0 Å². The molecule has 0 atom stereocenters. The molecule has 1 heterocycles. The van der Waals surface area contributed by atoms with Crippen LogP contribution in [0.3, 0.4) is 0 Å². The predicted octanol–water partition coefficient (Wildman–Crippen LogP) is 2.16. The molecule has 1 saturated heterocycles. The second-order valence-corrected chi connectivity index (χ2v) is 3.23. The normalized spacial score (nSPS) is 17.2. The van der Waals surface area contributed by atoms with Crippen molar-refractivity contribution in [2.45, 2.75) is 13.2 Å². The van der Waals surface area contributed by atoms with E-state index in [2.05, 4.69) is 18.3 Å². The Morgan fingerprint density at radius 3 is 2.86 bits per heavy atom. The molecule has 1 aromatic carbocycles. The van der Waals surface area contributed by atoms with E-state index >= 15 is 0 Å². The molecule has 3 heteroatoms. The minimum Gasteiger partial charge on any atom is -0.385 e. The van der Waals surface area contributed by atoms with Crippen molar-refractivity contribution in [3.63, 3.8) is 0 Å². The molecule has 76 valence electrons. The molecule has 1 aliphatic heterocycles. The Labute approximate surface area is 84.0 Å². The summed E-state index contributed by atoms with van der Waals surface area (Å²) in [6.45, 7) is 4.39. The number of ether oxygens (including phenoxy) is 2. The first kappa shape index (κ1) is 9.49. The van der Waals surface area contributed by atoms with Crippen LogP contribution in [0.15, 0.2) is 24.3 Å². The second-order valence-electron chi connectivity index (χ2n) is 3.23. The van der Waals surface area contributed by atoms with Crippen LogP contribution in [0.25, 0.3) is 0 Å².